The third kappa shape index (κ3) is 4.86. The van der Waals surface area contributed by atoms with Crippen molar-refractivity contribution in [3.63, 3.8) is 0 Å². The fourth-order valence-electron chi connectivity index (χ4n) is 2.77. The van der Waals surface area contributed by atoms with E-state index in [1.807, 2.05) is 0 Å². The number of benzene rings is 1. The van der Waals surface area contributed by atoms with Gasteiger partial charge in [-0.1, -0.05) is 25.3 Å². The summed E-state index contributed by atoms with van der Waals surface area (Å²) in [5.74, 6) is -0.352. The molecule has 21 heavy (non-hydrogen) atoms. The molecule has 0 aliphatic heterocycles. The van der Waals surface area contributed by atoms with E-state index >= 15 is 0 Å². The van der Waals surface area contributed by atoms with E-state index in [4.69, 9.17) is 0 Å². The number of anilines is 2. The van der Waals surface area contributed by atoms with E-state index in [2.05, 4.69) is 10.6 Å². The van der Waals surface area contributed by atoms with Crippen LogP contribution in [-0.2, 0) is 9.59 Å². The monoisotopic (exact) mass is 290 g/mol. The number of amides is 2. The number of nitrogens with one attached hydrogen (secondary N) is 2. The van der Waals surface area contributed by atoms with Gasteiger partial charge in [-0.25, -0.2) is 0 Å². The molecule has 3 N–H and O–H groups in total. The lowest BCUT2D eigenvalue weighted by atomic mass is 9.82. The van der Waals surface area contributed by atoms with E-state index in [0.717, 1.165) is 19.3 Å². The lowest BCUT2D eigenvalue weighted by Crippen LogP contribution is -2.35. The van der Waals surface area contributed by atoms with Gasteiger partial charge in [0.15, 0.2) is 0 Å². The van der Waals surface area contributed by atoms with Gasteiger partial charge in [-0.3, -0.25) is 9.59 Å². The van der Waals surface area contributed by atoms with Crippen LogP contribution < -0.4 is 10.6 Å². The number of hydrogen-bond acceptors (Lipinski definition) is 3. The Balaban J connectivity index is 1.94. The van der Waals surface area contributed by atoms with Gasteiger partial charge in [-0.2, -0.15) is 0 Å². The van der Waals surface area contributed by atoms with Gasteiger partial charge in [-0.15, -0.1) is 0 Å². The SMILES string of the molecule is CC(=O)Nc1cccc(NC(=O)CC2(O)CCCCC2)c1. The summed E-state index contributed by atoms with van der Waals surface area (Å²) in [6, 6.07) is 6.97. The summed E-state index contributed by atoms with van der Waals surface area (Å²) in [5.41, 5.74) is 0.389. The first-order chi connectivity index (χ1) is 9.97. The highest BCUT2D eigenvalue weighted by Crippen LogP contribution is 2.31. The van der Waals surface area contributed by atoms with Crippen molar-refractivity contribution in [1.29, 1.82) is 0 Å². The Labute approximate surface area is 124 Å². The van der Waals surface area contributed by atoms with Gasteiger partial charge in [0.2, 0.25) is 11.8 Å². The second-order valence-electron chi connectivity index (χ2n) is 5.77. The van der Waals surface area contributed by atoms with Crippen LogP contribution in [0.25, 0.3) is 0 Å². The molecule has 0 radical (unpaired) electrons. The smallest absolute Gasteiger partial charge is 0.227 e. The van der Waals surface area contributed by atoms with Crippen LogP contribution >= 0.6 is 0 Å². The third-order valence-corrected chi connectivity index (χ3v) is 3.74. The molecule has 0 saturated heterocycles. The first kappa shape index (κ1) is 15.5. The van der Waals surface area contributed by atoms with E-state index in [1.54, 1.807) is 24.3 Å². The second kappa shape index (κ2) is 6.72. The van der Waals surface area contributed by atoms with E-state index in [-0.39, 0.29) is 18.2 Å². The van der Waals surface area contributed by atoms with Crippen molar-refractivity contribution < 1.29 is 14.7 Å². The Bertz CT molecular complexity index is 522. The van der Waals surface area contributed by atoms with Gasteiger partial charge in [0.1, 0.15) is 0 Å². The van der Waals surface area contributed by atoms with Gasteiger partial charge >= 0.3 is 0 Å². The van der Waals surface area contributed by atoms with Crippen molar-refractivity contribution in [3.8, 4) is 0 Å². The number of rotatable bonds is 4. The van der Waals surface area contributed by atoms with E-state index < -0.39 is 5.60 Å². The molecule has 1 aliphatic rings. The molecule has 5 nitrogen and oxygen atoms in total. The van der Waals surface area contributed by atoms with Gasteiger partial charge in [0.05, 0.1) is 12.0 Å². The van der Waals surface area contributed by atoms with Crippen molar-refractivity contribution in [2.24, 2.45) is 0 Å². The molecule has 5 heteroatoms. The summed E-state index contributed by atoms with van der Waals surface area (Å²) >= 11 is 0. The maximum atomic E-state index is 12.1. The minimum Gasteiger partial charge on any atom is -0.389 e. The molecule has 0 aromatic heterocycles. The molecule has 1 aliphatic carbocycles. The molecule has 0 spiro atoms. The van der Waals surface area contributed by atoms with Crippen molar-refractivity contribution in [1.82, 2.24) is 0 Å². The molecular formula is C16H22N2O3. The van der Waals surface area contributed by atoms with Crippen LogP contribution in [0.4, 0.5) is 11.4 Å². The molecule has 1 aromatic carbocycles. The minimum atomic E-state index is -0.864. The molecule has 2 rings (SSSR count). The summed E-state index contributed by atoms with van der Waals surface area (Å²) < 4.78 is 0. The molecule has 1 aromatic rings. The molecule has 0 atom stereocenters. The molecule has 0 unspecified atom stereocenters. The highest BCUT2D eigenvalue weighted by atomic mass is 16.3. The van der Waals surface area contributed by atoms with Crippen LogP contribution in [0.3, 0.4) is 0 Å². The van der Waals surface area contributed by atoms with Crippen LogP contribution in [0.15, 0.2) is 24.3 Å². The van der Waals surface area contributed by atoms with Gasteiger partial charge in [-0.05, 0) is 31.0 Å². The fourth-order valence-corrected chi connectivity index (χ4v) is 2.77. The molecule has 0 heterocycles. The largest absolute Gasteiger partial charge is 0.389 e. The number of hydrogen-bond donors (Lipinski definition) is 3. The summed E-state index contributed by atoms with van der Waals surface area (Å²) in [6.07, 6.45) is 4.57. The summed E-state index contributed by atoms with van der Waals surface area (Å²) in [7, 11) is 0. The fraction of sp³-hybridized carbons (Fsp3) is 0.500. The first-order valence-corrected chi connectivity index (χ1v) is 7.37. The van der Waals surface area contributed by atoms with Crippen LogP contribution in [0, 0.1) is 0 Å². The van der Waals surface area contributed by atoms with Crippen LogP contribution in [-0.4, -0.2) is 22.5 Å². The zero-order valence-corrected chi connectivity index (χ0v) is 12.3. The first-order valence-electron chi connectivity index (χ1n) is 7.37. The summed E-state index contributed by atoms with van der Waals surface area (Å²) in [6.45, 7) is 1.43. The Morgan fingerprint density at radius 2 is 1.76 bits per heavy atom. The zero-order valence-electron chi connectivity index (χ0n) is 12.3. The second-order valence-corrected chi connectivity index (χ2v) is 5.77. The predicted molar refractivity (Wildman–Crippen MR) is 82.0 cm³/mol. The molecule has 0 bridgehead atoms. The molecule has 2 amide bonds. The topological polar surface area (TPSA) is 78.4 Å². The molecule has 1 saturated carbocycles. The minimum absolute atomic E-state index is 0.122. The maximum Gasteiger partial charge on any atom is 0.227 e. The lowest BCUT2D eigenvalue weighted by Gasteiger charge is -2.31. The van der Waals surface area contributed by atoms with E-state index in [9.17, 15) is 14.7 Å². The Hall–Kier alpha value is -1.88. The van der Waals surface area contributed by atoms with Gasteiger partial charge in [0.25, 0.3) is 0 Å². The van der Waals surface area contributed by atoms with Crippen molar-refractivity contribution in [2.45, 2.75) is 51.0 Å². The van der Waals surface area contributed by atoms with E-state index in [1.165, 1.54) is 6.92 Å². The van der Waals surface area contributed by atoms with Gasteiger partial charge < -0.3 is 15.7 Å². The normalized spacial score (nSPS) is 17.0. The van der Waals surface area contributed by atoms with Crippen LogP contribution in [0.2, 0.25) is 0 Å². The van der Waals surface area contributed by atoms with E-state index in [0.29, 0.717) is 24.2 Å². The zero-order chi connectivity index (χ0) is 15.3. The summed E-state index contributed by atoms with van der Waals surface area (Å²) in [5, 5.41) is 15.8. The average molecular weight is 290 g/mol. The number of aliphatic hydroxyl groups is 1. The van der Waals surface area contributed by atoms with Gasteiger partial charge in [0, 0.05) is 18.3 Å². The molecule has 114 valence electrons. The van der Waals surface area contributed by atoms with Crippen molar-refractivity contribution in [3.05, 3.63) is 24.3 Å². The molecular weight excluding hydrogens is 268 g/mol. The highest BCUT2D eigenvalue weighted by molar-refractivity contribution is 5.93. The molecule has 1 fully saturated rings. The Kier molecular flexibility index (Phi) is 4.96. The Morgan fingerprint density at radius 3 is 2.38 bits per heavy atom. The quantitative estimate of drug-likeness (QED) is 0.797. The lowest BCUT2D eigenvalue weighted by molar-refractivity contribution is -0.122. The standard InChI is InChI=1S/C16H22N2O3/c1-12(19)17-13-6-5-7-14(10-13)18-15(20)11-16(21)8-3-2-4-9-16/h5-7,10,21H,2-4,8-9,11H2,1H3,(H,17,19)(H,18,20). The predicted octanol–water partition coefficient (Wildman–Crippen LogP) is 2.67. The number of carbonyl (C=O) groups is 2. The third-order valence-electron chi connectivity index (χ3n) is 3.74. The van der Waals surface area contributed by atoms with Crippen LogP contribution in [0.1, 0.15) is 45.4 Å². The highest BCUT2D eigenvalue weighted by Gasteiger charge is 2.31. The average Bonchev–Trinajstić information content (AvgIpc) is 2.38. The van der Waals surface area contributed by atoms with Crippen LogP contribution in [0.5, 0.6) is 0 Å². The number of carbonyl (C=O) groups excluding carboxylic acids is 2. The Morgan fingerprint density at radius 1 is 1.14 bits per heavy atom. The van der Waals surface area contributed by atoms with Crippen molar-refractivity contribution in [2.75, 3.05) is 10.6 Å². The van der Waals surface area contributed by atoms with Crippen molar-refractivity contribution >= 4 is 23.2 Å². The summed E-state index contributed by atoms with van der Waals surface area (Å²) in [4.78, 5) is 23.1. The maximum absolute atomic E-state index is 12.1.